The van der Waals surface area contributed by atoms with E-state index in [1.807, 2.05) is 30.3 Å². The van der Waals surface area contributed by atoms with Crippen LogP contribution in [0.3, 0.4) is 0 Å². The van der Waals surface area contributed by atoms with Gasteiger partial charge in [-0.05, 0) is 17.7 Å². The van der Waals surface area contributed by atoms with Gasteiger partial charge in [0.2, 0.25) is 5.91 Å². The van der Waals surface area contributed by atoms with Gasteiger partial charge < -0.3 is 10.1 Å². The molecule has 0 aromatic heterocycles. The number of ether oxygens (including phenoxy) is 1. The molecule has 4 heteroatoms. The number of hydrogen-bond acceptors (Lipinski definition) is 2. The largest absolute Gasteiger partial charge is 0.478 e. The molecule has 2 rings (SSSR count). The Morgan fingerprint density at radius 2 is 1.77 bits per heavy atom. The van der Waals surface area contributed by atoms with Crippen molar-refractivity contribution < 1.29 is 13.9 Å². The highest BCUT2D eigenvalue weighted by Crippen LogP contribution is 2.14. The standard InChI is InChI=1S/C18H16FNO2/c19-16-10-4-5-11-17(16)22-13-7-6-12-20-18(21)14-15-8-2-1-3-9-15/h1-5,8-11H,12-14H2,(H,20,21). The summed E-state index contributed by atoms with van der Waals surface area (Å²) in [6, 6.07) is 15.6. The van der Waals surface area contributed by atoms with Crippen molar-refractivity contribution in [2.45, 2.75) is 6.42 Å². The normalized spacial score (nSPS) is 9.50. The lowest BCUT2D eigenvalue weighted by atomic mass is 10.1. The number of carbonyl (C=O) groups excluding carboxylic acids is 1. The molecule has 0 aliphatic carbocycles. The van der Waals surface area contributed by atoms with Gasteiger partial charge in [0, 0.05) is 0 Å². The molecule has 0 radical (unpaired) electrons. The maximum atomic E-state index is 13.2. The first-order chi connectivity index (χ1) is 10.8. The van der Waals surface area contributed by atoms with Crippen LogP contribution in [0.2, 0.25) is 0 Å². The molecule has 1 amide bonds. The van der Waals surface area contributed by atoms with Gasteiger partial charge in [-0.15, -0.1) is 0 Å². The van der Waals surface area contributed by atoms with E-state index in [0.717, 1.165) is 5.56 Å². The summed E-state index contributed by atoms with van der Waals surface area (Å²) >= 11 is 0. The molecule has 0 saturated heterocycles. The molecule has 3 nitrogen and oxygen atoms in total. The van der Waals surface area contributed by atoms with E-state index >= 15 is 0 Å². The third-order valence-electron chi connectivity index (χ3n) is 2.84. The van der Waals surface area contributed by atoms with Gasteiger partial charge in [0.25, 0.3) is 0 Å². The van der Waals surface area contributed by atoms with Crippen molar-refractivity contribution in [2.75, 3.05) is 13.2 Å². The first-order valence-electron chi connectivity index (χ1n) is 6.89. The highest BCUT2D eigenvalue weighted by atomic mass is 19.1. The maximum Gasteiger partial charge on any atom is 0.225 e. The van der Waals surface area contributed by atoms with Gasteiger partial charge in [-0.1, -0.05) is 54.3 Å². The lowest BCUT2D eigenvalue weighted by molar-refractivity contribution is -0.120. The minimum absolute atomic E-state index is 0.0789. The van der Waals surface area contributed by atoms with Crippen molar-refractivity contribution in [2.24, 2.45) is 0 Å². The van der Waals surface area contributed by atoms with Crippen LogP contribution in [-0.2, 0) is 11.2 Å². The molecule has 1 N–H and O–H groups in total. The fourth-order valence-corrected chi connectivity index (χ4v) is 1.78. The lowest BCUT2D eigenvalue weighted by Crippen LogP contribution is -2.25. The Bertz CT molecular complexity index is 674. The van der Waals surface area contributed by atoms with Crippen LogP contribution in [0.4, 0.5) is 4.39 Å². The number of carbonyl (C=O) groups is 1. The predicted octanol–water partition coefficient (Wildman–Crippen LogP) is 2.57. The SMILES string of the molecule is O=C(Cc1ccccc1)NCC#CCOc1ccccc1F. The van der Waals surface area contributed by atoms with Crippen LogP contribution in [0.25, 0.3) is 0 Å². The van der Waals surface area contributed by atoms with Crippen molar-refractivity contribution in [3.05, 3.63) is 66.0 Å². The van der Waals surface area contributed by atoms with Crippen molar-refractivity contribution in [3.8, 4) is 17.6 Å². The van der Waals surface area contributed by atoms with E-state index in [0.29, 0.717) is 6.42 Å². The van der Waals surface area contributed by atoms with E-state index < -0.39 is 5.82 Å². The molecule has 0 heterocycles. The van der Waals surface area contributed by atoms with E-state index in [2.05, 4.69) is 17.2 Å². The topological polar surface area (TPSA) is 38.3 Å². The minimum Gasteiger partial charge on any atom is -0.478 e. The van der Waals surface area contributed by atoms with Crippen LogP contribution >= 0.6 is 0 Å². The molecule has 2 aromatic rings. The minimum atomic E-state index is -0.416. The summed E-state index contributed by atoms with van der Waals surface area (Å²) in [6.45, 7) is 0.321. The predicted molar refractivity (Wildman–Crippen MR) is 82.8 cm³/mol. The number of amides is 1. The zero-order valence-electron chi connectivity index (χ0n) is 12.0. The molecule has 0 unspecified atom stereocenters. The second kappa shape index (κ2) is 8.48. The summed E-state index contributed by atoms with van der Waals surface area (Å²) in [6.07, 6.45) is 0.328. The fraction of sp³-hybridized carbons (Fsp3) is 0.167. The quantitative estimate of drug-likeness (QED) is 0.861. The van der Waals surface area contributed by atoms with Gasteiger partial charge in [0.1, 0.15) is 6.61 Å². The molecular formula is C18H16FNO2. The molecule has 0 aliphatic heterocycles. The fourth-order valence-electron chi connectivity index (χ4n) is 1.78. The summed E-state index contributed by atoms with van der Waals surface area (Å²) in [4.78, 5) is 11.7. The second-order valence-corrected chi connectivity index (χ2v) is 4.51. The Labute approximate surface area is 129 Å². The second-order valence-electron chi connectivity index (χ2n) is 4.51. The number of hydrogen-bond donors (Lipinski definition) is 1. The van der Waals surface area contributed by atoms with E-state index in [1.165, 1.54) is 6.07 Å². The van der Waals surface area contributed by atoms with Crippen LogP contribution in [0, 0.1) is 17.7 Å². The molecule has 0 aliphatic rings. The molecule has 2 aromatic carbocycles. The van der Waals surface area contributed by atoms with Crippen molar-refractivity contribution in [1.29, 1.82) is 0 Å². The molecule has 0 spiro atoms. The van der Waals surface area contributed by atoms with Crippen LogP contribution in [0.5, 0.6) is 5.75 Å². The van der Waals surface area contributed by atoms with Gasteiger partial charge in [-0.2, -0.15) is 0 Å². The van der Waals surface area contributed by atoms with Crippen molar-refractivity contribution in [1.82, 2.24) is 5.32 Å². The van der Waals surface area contributed by atoms with E-state index in [1.54, 1.807) is 18.2 Å². The van der Waals surface area contributed by atoms with Crippen molar-refractivity contribution >= 4 is 5.91 Å². The Kier molecular flexibility index (Phi) is 6.01. The van der Waals surface area contributed by atoms with Gasteiger partial charge >= 0.3 is 0 Å². The van der Waals surface area contributed by atoms with Gasteiger partial charge in [0.05, 0.1) is 13.0 Å². The Morgan fingerprint density at radius 1 is 1.05 bits per heavy atom. The Morgan fingerprint density at radius 3 is 2.55 bits per heavy atom. The highest BCUT2D eigenvalue weighted by Gasteiger charge is 2.01. The van der Waals surface area contributed by atoms with Crippen LogP contribution < -0.4 is 10.1 Å². The Hall–Kier alpha value is -2.80. The van der Waals surface area contributed by atoms with Crippen LogP contribution in [0.1, 0.15) is 5.56 Å². The summed E-state index contributed by atoms with van der Waals surface area (Å²) < 4.78 is 18.4. The monoisotopic (exact) mass is 297 g/mol. The molecule has 22 heavy (non-hydrogen) atoms. The summed E-state index contributed by atoms with van der Waals surface area (Å²) in [5, 5.41) is 2.70. The Balaban J connectivity index is 1.67. The van der Waals surface area contributed by atoms with Crippen molar-refractivity contribution in [3.63, 3.8) is 0 Å². The summed E-state index contributed by atoms with van der Waals surface area (Å²) in [5.41, 5.74) is 0.954. The molecule has 0 saturated carbocycles. The van der Waals surface area contributed by atoms with E-state index in [9.17, 15) is 9.18 Å². The highest BCUT2D eigenvalue weighted by molar-refractivity contribution is 5.78. The number of para-hydroxylation sites is 1. The molecule has 0 bridgehead atoms. The van der Waals surface area contributed by atoms with E-state index in [4.69, 9.17) is 4.74 Å². The number of halogens is 1. The molecule has 0 fully saturated rings. The first kappa shape index (κ1) is 15.6. The summed E-state index contributed by atoms with van der Waals surface area (Å²) in [7, 11) is 0. The molecular weight excluding hydrogens is 281 g/mol. The number of rotatable bonds is 5. The number of nitrogens with one attached hydrogen (secondary N) is 1. The van der Waals surface area contributed by atoms with E-state index in [-0.39, 0.29) is 24.8 Å². The van der Waals surface area contributed by atoms with Crippen LogP contribution in [-0.4, -0.2) is 19.1 Å². The first-order valence-corrected chi connectivity index (χ1v) is 6.89. The third kappa shape index (κ3) is 5.29. The average Bonchev–Trinajstić information content (AvgIpc) is 2.53. The summed E-state index contributed by atoms with van der Waals surface area (Å²) in [5.74, 6) is 5.16. The zero-order chi connectivity index (χ0) is 15.6. The molecule has 0 atom stereocenters. The lowest BCUT2D eigenvalue weighted by Gasteiger charge is -2.02. The maximum absolute atomic E-state index is 13.2. The zero-order valence-corrected chi connectivity index (χ0v) is 12.0. The third-order valence-corrected chi connectivity index (χ3v) is 2.84. The van der Waals surface area contributed by atoms with Gasteiger partial charge in [-0.3, -0.25) is 4.79 Å². The number of benzene rings is 2. The average molecular weight is 297 g/mol. The van der Waals surface area contributed by atoms with Gasteiger partial charge in [-0.25, -0.2) is 4.39 Å². The molecule has 112 valence electrons. The smallest absolute Gasteiger partial charge is 0.225 e. The van der Waals surface area contributed by atoms with Gasteiger partial charge in [0.15, 0.2) is 11.6 Å². The van der Waals surface area contributed by atoms with Crippen LogP contribution in [0.15, 0.2) is 54.6 Å².